The molecule has 0 fully saturated rings. The summed E-state index contributed by atoms with van der Waals surface area (Å²) in [7, 11) is 0. The second-order valence-electron chi connectivity index (χ2n) is 5.50. The van der Waals surface area contributed by atoms with E-state index in [1.807, 2.05) is 72.8 Å². The van der Waals surface area contributed by atoms with Crippen LogP contribution >= 0.6 is 23.2 Å². The molecule has 122 valence electrons. The maximum absolute atomic E-state index is 6.33. The third kappa shape index (κ3) is 3.16. The van der Waals surface area contributed by atoms with Crippen LogP contribution in [0, 0.1) is 0 Å². The Kier molecular flexibility index (Phi) is 4.26. The molecule has 0 saturated heterocycles. The van der Waals surface area contributed by atoms with E-state index in [-0.39, 0.29) is 0 Å². The van der Waals surface area contributed by atoms with Crippen LogP contribution in [0.25, 0.3) is 22.3 Å². The number of benzene rings is 3. The summed E-state index contributed by atoms with van der Waals surface area (Å²) in [5.74, 6) is 1.26. The molecule has 1 aromatic heterocycles. The Balaban J connectivity index is 1.91. The third-order valence-electron chi connectivity index (χ3n) is 3.84. The molecule has 5 heteroatoms. The molecule has 3 aromatic carbocycles. The maximum atomic E-state index is 6.33. The first-order chi connectivity index (χ1) is 12.2. The van der Waals surface area contributed by atoms with Crippen LogP contribution in [0.2, 0.25) is 10.0 Å². The summed E-state index contributed by atoms with van der Waals surface area (Å²) in [6.45, 7) is 0. The number of anilines is 2. The van der Waals surface area contributed by atoms with Crippen LogP contribution in [0.1, 0.15) is 0 Å². The minimum absolute atomic E-state index is 0.568. The second-order valence-corrected chi connectivity index (χ2v) is 6.31. The average Bonchev–Trinajstić information content (AvgIpc) is 2.64. The van der Waals surface area contributed by atoms with E-state index in [4.69, 9.17) is 28.2 Å². The van der Waals surface area contributed by atoms with E-state index in [2.05, 4.69) is 10.3 Å². The summed E-state index contributed by atoms with van der Waals surface area (Å²) in [6.07, 6.45) is 0. The predicted octanol–water partition coefficient (Wildman–Crippen LogP) is 6.35. The van der Waals surface area contributed by atoms with Crippen molar-refractivity contribution in [3.05, 3.63) is 82.8 Å². The van der Waals surface area contributed by atoms with Gasteiger partial charge in [-0.25, -0.2) is 9.97 Å². The van der Waals surface area contributed by atoms with Crippen molar-refractivity contribution in [2.45, 2.75) is 0 Å². The SMILES string of the molecule is Clc1ccccc1Nc1nc(-c2ccccc2Cl)nc2ccccc12. The standard InChI is InChI=1S/C20H13Cl2N3/c21-15-9-3-1-7-13(15)19-23-17-11-5-2-8-14(17)20(25-19)24-18-12-6-4-10-16(18)22/h1-12H,(H,23,24,25). The van der Waals surface area contributed by atoms with Crippen LogP contribution in [-0.2, 0) is 0 Å². The molecule has 0 bridgehead atoms. The third-order valence-corrected chi connectivity index (χ3v) is 4.50. The van der Waals surface area contributed by atoms with Gasteiger partial charge in [0.15, 0.2) is 5.82 Å². The van der Waals surface area contributed by atoms with Gasteiger partial charge in [-0.15, -0.1) is 0 Å². The molecule has 25 heavy (non-hydrogen) atoms. The van der Waals surface area contributed by atoms with Crippen LogP contribution in [0.5, 0.6) is 0 Å². The number of para-hydroxylation sites is 2. The number of fused-ring (bicyclic) bond motifs is 1. The maximum Gasteiger partial charge on any atom is 0.163 e. The summed E-state index contributed by atoms with van der Waals surface area (Å²) in [5, 5.41) is 5.48. The monoisotopic (exact) mass is 365 g/mol. The first-order valence-electron chi connectivity index (χ1n) is 7.75. The molecule has 0 saturated carbocycles. The smallest absolute Gasteiger partial charge is 0.163 e. The zero-order chi connectivity index (χ0) is 17.2. The highest BCUT2D eigenvalue weighted by atomic mass is 35.5. The summed E-state index contributed by atoms with van der Waals surface area (Å²) >= 11 is 12.6. The van der Waals surface area contributed by atoms with Gasteiger partial charge in [0.1, 0.15) is 5.82 Å². The lowest BCUT2D eigenvalue weighted by Crippen LogP contribution is -2.00. The molecule has 1 N–H and O–H groups in total. The Morgan fingerprint density at radius 2 is 1.36 bits per heavy atom. The minimum Gasteiger partial charge on any atom is -0.338 e. The average molecular weight is 366 g/mol. The lowest BCUT2D eigenvalue weighted by Gasteiger charge is -2.12. The van der Waals surface area contributed by atoms with Crippen LogP contribution in [0.15, 0.2) is 72.8 Å². The van der Waals surface area contributed by atoms with Gasteiger partial charge >= 0.3 is 0 Å². The van der Waals surface area contributed by atoms with E-state index in [1.54, 1.807) is 0 Å². The fourth-order valence-electron chi connectivity index (χ4n) is 2.63. The molecular formula is C20H13Cl2N3. The van der Waals surface area contributed by atoms with Crippen molar-refractivity contribution in [2.24, 2.45) is 0 Å². The Morgan fingerprint density at radius 3 is 2.16 bits per heavy atom. The van der Waals surface area contributed by atoms with Gasteiger partial charge in [-0.1, -0.05) is 59.6 Å². The highest BCUT2D eigenvalue weighted by molar-refractivity contribution is 6.33. The van der Waals surface area contributed by atoms with E-state index in [9.17, 15) is 0 Å². The Labute approximate surface area is 155 Å². The number of halogens is 2. The molecule has 0 amide bonds. The molecule has 3 nitrogen and oxygen atoms in total. The molecule has 4 aromatic rings. The van der Waals surface area contributed by atoms with Crippen molar-refractivity contribution in [3.8, 4) is 11.4 Å². The lowest BCUT2D eigenvalue weighted by atomic mass is 10.1. The van der Waals surface area contributed by atoms with Crippen molar-refractivity contribution in [3.63, 3.8) is 0 Å². The molecule has 0 radical (unpaired) electrons. The Morgan fingerprint density at radius 1 is 0.680 bits per heavy atom. The topological polar surface area (TPSA) is 37.8 Å². The summed E-state index contributed by atoms with van der Waals surface area (Å²) in [4.78, 5) is 9.37. The molecule has 0 atom stereocenters. The molecule has 1 heterocycles. The Bertz CT molecular complexity index is 1060. The van der Waals surface area contributed by atoms with E-state index >= 15 is 0 Å². The van der Waals surface area contributed by atoms with Gasteiger partial charge in [0.2, 0.25) is 0 Å². The highest BCUT2D eigenvalue weighted by Gasteiger charge is 2.12. The number of nitrogens with one attached hydrogen (secondary N) is 1. The summed E-state index contributed by atoms with van der Waals surface area (Å²) in [5.41, 5.74) is 2.41. The molecule has 0 aliphatic rings. The number of nitrogens with zero attached hydrogens (tertiary/aromatic N) is 2. The first kappa shape index (κ1) is 15.9. The van der Waals surface area contributed by atoms with Crippen molar-refractivity contribution in [1.82, 2.24) is 9.97 Å². The second kappa shape index (κ2) is 6.71. The highest BCUT2D eigenvalue weighted by Crippen LogP contribution is 2.32. The quantitative estimate of drug-likeness (QED) is 0.459. The van der Waals surface area contributed by atoms with Crippen molar-refractivity contribution in [1.29, 1.82) is 0 Å². The molecule has 0 aliphatic carbocycles. The predicted molar refractivity (Wildman–Crippen MR) is 105 cm³/mol. The van der Waals surface area contributed by atoms with Gasteiger partial charge in [-0.05, 0) is 36.4 Å². The van der Waals surface area contributed by atoms with Gasteiger partial charge in [-0.3, -0.25) is 0 Å². The van der Waals surface area contributed by atoms with Crippen LogP contribution in [0.3, 0.4) is 0 Å². The van der Waals surface area contributed by atoms with Crippen molar-refractivity contribution < 1.29 is 0 Å². The van der Waals surface area contributed by atoms with Gasteiger partial charge < -0.3 is 5.32 Å². The number of aromatic nitrogens is 2. The van der Waals surface area contributed by atoms with E-state index in [0.29, 0.717) is 21.7 Å². The fraction of sp³-hybridized carbons (Fsp3) is 0. The minimum atomic E-state index is 0.568. The van der Waals surface area contributed by atoms with E-state index in [1.165, 1.54) is 0 Å². The largest absolute Gasteiger partial charge is 0.338 e. The van der Waals surface area contributed by atoms with Crippen LogP contribution < -0.4 is 5.32 Å². The van der Waals surface area contributed by atoms with Crippen LogP contribution in [-0.4, -0.2) is 9.97 Å². The lowest BCUT2D eigenvalue weighted by molar-refractivity contribution is 1.22. The number of hydrogen-bond donors (Lipinski definition) is 1. The Hall–Kier alpha value is -2.62. The van der Waals surface area contributed by atoms with Gasteiger partial charge in [-0.2, -0.15) is 0 Å². The van der Waals surface area contributed by atoms with Gasteiger partial charge in [0, 0.05) is 10.9 Å². The summed E-state index contributed by atoms with van der Waals surface area (Å²) < 4.78 is 0. The fourth-order valence-corrected chi connectivity index (χ4v) is 3.03. The van der Waals surface area contributed by atoms with Crippen LogP contribution in [0.4, 0.5) is 11.5 Å². The van der Waals surface area contributed by atoms with Crippen molar-refractivity contribution in [2.75, 3.05) is 5.32 Å². The molecular weight excluding hydrogens is 353 g/mol. The van der Waals surface area contributed by atoms with Crippen molar-refractivity contribution >= 4 is 45.6 Å². The van der Waals surface area contributed by atoms with Gasteiger partial charge in [0.25, 0.3) is 0 Å². The normalized spacial score (nSPS) is 10.8. The molecule has 0 aliphatic heterocycles. The number of rotatable bonds is 3. The zero-order valence-corrected chi connectivity index (χ0v) is 14.6. The van der Waals surface area contributed by atoms with E-state index in [0.717, 1.165) is 22.2 Å². The zero-order valence-electron chi connectivity index (χ0n) is 13.1. The molecule has 4 rings (SSSR count). The number of hydrogen-bond acceptors (Lipinski definition) is 3. The van der Waals surface area contributed by atoms with Gasteiger partial charge in [0.05, 0.1) is 21.2 Å². The molecule has 0 spiro atoms. The first-order valence-corrected chi connectivity index (χ1v) is 8.51. The van der Waals surface area contributed by atoms with E-state index < -0.39 is 0 Å². The molecule has 0 unspecified atom stereocenters. The summed E-state index contributed by atoms with van der Waals surface area (Å²) in [6, 6.07) is 22.9.